The van der Waals surface area contributed by atoms with Gasteiger partial charge in [-0.2, -0.15) is 0 Å². The van der Waals surface area contributed by atoms with Crippen molar-refractivity contribution in [2.45, 2.75) is 6.92 Å². The SMILES string of the molecule is CC(=O)c1cccc(NC(=O)COc2ccccc2C(=O)N2CCOCC2)c1. The van der Waals surface area contributed by atoms with Gasteiger partial charge in [0, 0.05) is 24.3 Å². The highest BCUT2D eigenvalue weighted by atomic mass is 16.5. The number of benzene rings is 2. The van der Waals surface area contributed by atoms with Crippen LogP contribution in [0.2, 0.25) is 0 Å². The summed E-state index contributed by atoms with van der Waals surface area (Å²) < 4.78 is 10.9. The van der Waals surface area contributed by atoms with Crippen molar-refractivity contribution in [3.8, 4) is 5.75 Å². The molecule has 1 aliphatic heterocycles. The molecule has 2 amide bonds. The highest BCUT2D eigenvalue weighted by Crippen LogP contribution is 2.21. The molecule has 0 bridgehead atoms. The van der Waals surface area contributed by atoms with Crippen molar-refractivity contribution in [2.75, 3.05) is 38.2 Å². The maximum Gasteiger partial charge on any atom is 0.262 e. The zero-order chi connectivity index (χ0) is 19.9. The number of hydrogen-bond donors (Lipinski definition) is 1. The van der Waals surface area contributed by atoms with Crippen LogP contribution in [0.5, 0.6) is 5.75 Å². The molecular weight excluding hydrogens is 360 g/mol. The summed E-state index contributed by atoms with van der Waals surface area (Å²) in [6.45, 7) is 3.29. The fraction of sp³-hybridized carbons (Fsp3) is 0.286. The maximum atomic E-state index is 12.7. The standard InChI is InChI=1S/C21H22N2O5/c1-15(24)16-5-4-6-17(13-16)22-20(25)14-28-19-8-3-2-7-18(19)21(26)23-9-11-27-12-10-23/h2-8,13H,9-12,14H2,1H3,(H,22,25). The molecule has 2 aromatic carbocycles. The van der Waals surface area contributed by atoms with E-state index in [-0.39, 0.29) is 24.2 Å². The van der Waals surface area contributed by atoms with Gasteiger partial charge in [-0.3, -0.25) is 14.4 Å². The van der Waals surface area contributed by atoms with Gasteiger partial charge in [0.05, 0.1) is 18.8 Å². The van der Waals surface area contributed by atoms with Crippen LogP contribution in [0.1, 0.15) is 27.6 Å². The first kappa shape index (κ1) is 19.6. The maximum absolute atomic E-state index is 12.7. The second kappa shape index (κ2) is 9.14. The van der Waals surface area contributed by atoms with E-state index < -0.39 is 0 Å². The quantitative estimate of drug-likeness (QED) is 0.776. The first-order valence-electron chi connectivity index (χ1n) is 9.04. The molecule has 0 spiro atoms. The molecule has 0 radical (unpaired) electrons. The van der Waals surface area contributed by atoms with Gasteiger partial charge in [0.15, 0.2) is 12.4 Å². The summed E-state index contributed by atoms with van der Waals surface area (Å²) in [4.78, 5) is 38.1. The van der Waals surface area contributed by atoms with Crippen molar-refractivity contribution in [1.82, 2.24) is 4.90 Å². The number of rotatable bonds is 6. The van der Waals surface area contributed by atoms with Crippen LogP contribution in [-0.2, 0) is 9.53 Å². The Labute approximate surface area is 163 Å². The number of carbonyl (C=O) groups excluding carboxylic acids is 3. The molecule has 3 rings (SSSR count). The summed E-state index contributed by atoms with van der Waals surface area (Å²) in [6.07, 6.45) is 0. The molecular formula is C21H22N2O5. The fourth-order valence-corrected chi connectivity index (χ4v) is 2.86. The zero-order valence-corrected chi connectivity index (χ0v) is 15.6. The molecule has 146 valence electrons. The molecule has 1 fully saturated rings. The number of anilines is 1. The van der Waals surface area contributed by atoms with E-state index in [0.717, 1.165) is 0 Å². The van der Waals surface area contributed by atoms with Gasteiger partial charge in [-0.25, -0.2) is 0 Å². The molecule has 2 aromatic rings. The second-order valence-electron chi connectivity index (χ2n) is 6.37. The van der Waals surface area contributed by atoms with Crippen molar-refractivity contribution in [1.29, 1.82) is 0 Å². The lowest BCUT2D eigenvalue weighted by Crippen LogP contribution is -2.40. The smallest absolute Gasteiger partial charge is 0.262 e. The Morgan fingerprint density at radius 3 is 2.57 bits per heavy atom. The van der Waals surface area contributed by atoms with Crippen LogP contribution < -0.4 is 10.1 Å². The van der Waals surface area contributed by atoms with E-state index in [9.17, 15) is 14.4 Å². The Hall–Kier alpha value is -3.19. The summed E-state index contributed by atoms with van der Waals surface area (Å²) >= 11 is 0. The van der Waals surface area contributed by atoms with E-state index in [2.05, 4.69) is 5.32 Å². The Bertz CT molecular complexity index is 875. The number of Topliss-reactive ketones (excluding diaryl/α,β-unsaturated/α-hetero) is 1. The van der Waals surface area contributed by atoms with Crippen LogP contribution >= 0.6 is 0 Å². The summed E-state index contributed by atoms with van der Waals surface area (Å²) in [6, 6.07) is 13.5. The molecule has 0 unspecified atom stereocenters. The van der Waals surface area contributed by atoms with E-state index in [1.165, 1.54) is 6.92 Å². The second-order valence-corrected chi connectivity index (χ2v) is 6.37. The monoisotopic (exact) mass is 382 g/mol. The fourth-order valence-electron chi connectivity index (χ4n) is 2.86. The summed E-state index contributed by atoms with van der Waals surface area (Å²) in [5.74, 6) is -0.252. The normalized spacial score (nSPS) is 13.7. The van der Waals surface area contributed by atoms with Gasteiger partial charge in [0.1, 0.15) is 5.75 Å². The first-order chi connectivity index (χ1) is 13.5. The third-order valence-corrected chi connectivity index (χ3v) is 4.33. The molecule has 1 saturated heterocycles. The number of amides is 2. The van der Waals surface area contributed by atoms with Crippen LogP contribution in [0.15, 0.2) is 48.5 Å². The average Bonchev–Trinajstić information content (AvgIpc) is 2.73. The molecule has 0 aromatic heterocycles. The first-order valence-corrected chi connectivity index (χ1v) is 9.04. The third-order valence-electron chi connectivity index (χ3n) is 4.33. The van der Waals surface area contributed by atoms with Gasteiger partial charge in [-0.1, -0.05) is 24.3 Å². The van der Waals surface area contributed by atoms with Crippen LogP contribution in [0.4, 0.5) is 5.69 Å². The molecule has 1 N–H and O–H groups in total. The van der Waals surface area contributed by atoms with Crippen molar-refractivity contribution in [2.24, 2.45) is 0 Å². The number of nitrogens with zero attached hydrogens (tertiary/aromatic N) is 1. The molecule has 7 nitrogen and oxygen atoms in total. The zero-order valence-electron chi connectivity index (χ0n) is 15.6. The lowest BCUT2D eigenvalue weighted by molar-refractivity contribution is -0.118. The van der Waals surface area contributed by atoms with Crippen molar-refractivity contribution in [3.05, 3.63) is 59.7 Å². The predicted molar refractivity (Wildman–Crippen MR) is 104 cm³/mol. The highest BCUT2D eigenvalue weighted by molar-refractivity contribution is 5.98. The number of morpholine rings is 1. The molecule has 28 heavy (non-hydrogen) atoms. The lowest BCUT2D eigenvalue weighted by Gasteiger charge is -2.27. The van der Waals surface area contributed by atoms with Crippen LogP contribution in [0.3, 0.4) is 0 Å². The van der Waals surface area contributed by atoms with E-state index in [0.29, 0.717) is 48.9 Å². The van der Waals surface area contributed by atoms with E-state index in [4.69, 9.17) is 9.47 Å². The van der Waals surface area contributed by atoms with E-state index in [1.54, 1.807) is 53.4 Å². The third kappa shape index (κ3) is 4.95. The van der Waals surface area contributed by atoms with Gasteiger partial charge < -0.3 is 19.7 Å². The molecule has 7 heteroatoms. The van der Waals surface area contributed by atoms with Gasteiger partial charge in [-0.15, -0.1) is 0 Å². The molecule has 0 saturated carbocycles. The van der Waals surface area contributed by atoms with Gasteiger partial charge in [-0.05, 0) is 31.2 Å². The highest BCUT2D eigenvalue weighted by Gasteiger charge is 2.21. The van der Waals surface area contributed by atoms with Gasteiger partial charge in [0.25, 0.3) is 11.8 Å². The van der Waals surface area contributed by atoms with Crippen LogP contribution in [-0.4, -0.2) is 55.4 Å². The average molecular weight is 382 g/mol. The summed E-state index contributed by atoms with van der Waals surface area (Å²) in [5, 5.41) is 2.69. The lowest BCUT2D eigenvalue weighted by atomic mass is 10.1. The van der Waals surface area contributed by atoms with E-state index >= 15 is 0 Å². The molecule has 0 aliphatic carbocycles. The molecule has 0 atom stereocenters. The summed E-state index contributed by atoms with van der Waals surface area (Å²) in [7, 11) is 0. The van der Waals surface area contributed by atoms with Gasteiger partial charge >= 0.3 is 0 Å². The minimum atomic E-state index is -0.380. The van der Waals surface area contributed by atoms with Crippen molar-refractivity contribution in [3.63, 3.8) is 0 Å². The van der Waals surface area contributed by atoms with Crippen molar-refractivity contribution < 1.29 is 23.9 Å². The van der Waals surface area contributed by atoms with Crippen molar-refractivity contribution >= 4 is 23.3 Å². The molecule has 1 aliphatic rings. The number of hydrogen-bond acceptors (Lipinski definition) is 5. The summed E-state index contributed by atoms with van der Waals surface area (Å²) in [5.41, 5.74) is 1.44. The number of ether oxygens (including phenoxy) is 2. The Morgan fingerprint density at radius 1 is 1.07 bits per heavy atom. The molecule has 1 heterocycles. The topological polar surface area (TPSA) is 84.9 Å². The number of para-hydroxylation sites is 1. The minimum absolute atomic E-state index is 0.0806. The predicted octanol–water partition coefficient (Wildman–Crippen LogP) is 2.38. The Kier molecular flexibility index (Phi) is 6.39. The van der Waals surface area contributed by atoms with Gasteiger partial charge in [0.2, 0.25) is 0 Å². The largest absolute Gasteiger partial charge is 0.483 e. The number of nitrogens with one attached hydrogen (secondary N) is 1. The Morgan fingerprint density at radius 2 is 1.82 bits per heavy atom. The van der Waals surface area contributed by atoms with Crippen LogP contribution in [0.25, 0.3) is 0 Å². The number of carbonyl (C=O) groups is 3. The van der Waals surface area contributed by atoms with Crippen LogP contribution in [0, 0.1) is 0 Å². The van der Waals surface area contributed by atoms with E-state index in [1.807, 2.05) is 0 Å². The Balaban J connectivity index is 1.63. The minimum Gasteiger partial charge on any atom is -0.483 e. The number of ketones is 1.